The maximum absolute atomic E-state index is 12.5. The minimum atomic E-state index is -0.389. The van der Waals surface area contributed by atoms with Gasteiger partial charge in [0, 0.05) is 43.7 Å². The van der Waals surface area contributed by atoms with Crippen LogP contribution in [0.3, 0.4) is 0 Å². The summed E-state index contributed by atoms with van der Waals surface area (Å²) in [7, 11) is 0. The zero-order chi connectivity index (χ0) is 23.7. The number of aryl methyl sites for hydroxylation is 1. The molecule has 1 heterocycles. The predicted octanol–water partition coefficient (Wildman–Crippen LogP) is 2.56. The Balaban J connectivity index is 2.03. The van der Waals surface area contributed by atoms with Crippen molar-refractivity contribution in [2.24, 2.45) is 11.7 Å². The molecule has 0 aliphatic heterocycles. The molecule has 10 heteroatoms. The molecular formula is C22H32N6O3S. The molecule has 2 rings (SSSR count). The van der Waals surface area contributed by atoms with E-state index >= 15 is 0 Å². The van der Waals surface area contributed by atoms with Crippen LogP contribution in [-0.2, 0) is 22.6 Å². The van der Waals surface area contributed by atoms with Gasteiger partial charge >= 0.3 is 0 Å². The van der Waals surface area contributed by atoms with E-state index in [9.17, 15) is 14.4 Å². The van der Waals surface area contributed by atoms with Crippen molar-refractivity contribution >= 4 is 35.2 Å². The van der Waals surface area contributed by atoms with E-state index in [-0.39, 0.29) is 29.9 Å². The predicted molar refractivity (Wildman–Crippen MR) is 125 cm³/mol. The summed E-state index contributed by atoms with van der Waals surface area (Å²) in [5, 5.41) is 11.8. The van der Waals surface area contributed by atoms with Crippen molar-refractivity contribution in [2.75, 3.05) is 24.2 Å². The second-order valence-corrected chi connectivity index (χ2v) is 8.71. The molecule has 0 spiro atoms. The number of benzene rings is 1. The number of thioether (sulfide) groups is 1. The van der Waals surface area contributed by atoms with Crippen LogP contribution < -0.4 is 11.1 Å². The van der Waals surface area contributed by atoms with Crippen LogP contribution in [0.2, 0.25) is 0 Å². The minimum Gasteiger partial charge on any atom is -0.370 e. The molecule has 0 atom stereocenters. The molecule has 32 heavy (non-hydrogen) atoms. The van der Waals surface area contributed by atoms with Gasteiger partial charge in [-0.3, -0.25) is 14.4 Å². The fourth-order valence-corrected chi connectivity index (χ4v) is 3.91. The van der Waals surface area contributed by atoms with E-state index in [0.29, 0.717) is 54.2 Å². The fraction of sp³-hybridized carbons (Fsp3) is 0.500. The summed E-state index contributed by atoms with van der Waals surface area (Å²) in [6, 6.07) is 6.94. The molecule has 2 aromatic rings. The summed E-state index contributed by atoms with van der Waals surface area (Å²) >= 11 is 1.28. The number of carbonyl (C=O) groups excluding carboxylic acids is 3. The number of hydrogen-bond donors (Lipinski definition) is 2. The largest absolute Gasteiger partial charge is 0.370 e. The molecule has 1 aromatic carbocycles. The van der Waals surface area contributed by atoms with Gasteiger partial charge in [-0.25, -0.2) is 0 Å². The lowest BCUT2D eigenvalue weighted by molar-refractivity contribution is -0.118. The standard InChI is InChI=1S/C22H32N6O3S/c1-5-27(6-2)21(31)16-8-7-9-17(12-16)24-20(30)14-32-22-26-25-19(11-10-18(23)29)28(22)13-15(3)4/h7-9,12,15H,5-6,10-11,13-14H2,1-4H3,(H2,23,29)(H,24,30). The van der Waals surface area contributed by atoms with Crippen molar-refractivity contribution in [1.29, 1.82) is 0 Å². The smallest absolute Gasteiger partial charge is 0.253 e. The van der Waals surface area contributed by atoms with Gasteiger partial charge in [-0.1, -0.05) is 31.7 Å². The first kappa shape index (κ1) is 25.4. The normalized spacial score (nSPS) is 10.9. The third-order valence-electron chi connectivity index (χ3n) is 4.71. The van der Waals surface area contributed by atoms with Crippen molar-refractivity contribution in [3.8, 4) is 0 Å². The first-order valence-corrected chi connectivity index (χ1v) is 11.8. The van der Waals surface area contributed by atoms with Crippen LogP contribution in [0.5, 0.6) is 0 Å². The lowest BCUT2D eigenvalue weighted by Crippen LogP contribution is -2.30. The second kappa shape index (κ2) is 12.2. The Morgan fingerprint density at radius 1 is 1.19 bits per heavy atom. The molecule has 3 N–H and O–H groups in total. The Hall–Kier alpha value is -2.88. The average Bonchev–Trinajstić information content (AvgIpc) is 3.12. The first-order valence-electron chi connectivity index (χ1n) is 10.8. The summed E-state index contributed by atoms with van der Waals surface area (Å²) in [6.07, 6.45) is 0.610. The summed E-state index contributed by atoms with van der Waals surface area (Å²) in [6.45, 7) is 9.95. The Labute approximate surface area is 193 Å². The van der Waals surface area contributed by atoms with E-state index in [2.05, 4.69) is 29.4 Å². The second-order valence-electron chi connectivity index (χ2n) is 7.76. The Morgan fingerprint density at radius 3 is 2.53 bits per heavy atom. The van der Waals surface area contributed by atoms with Gasteiger partial charge in [0.1, 0.15) is 5.82 Å². The number of amides is 3. The SMILES string of the molecule is CCN(CC)C(=O)c1cccc(NC(=O)CSc2nnc(CCC(N)=O)n2CC(C)C)c1. The molecule has 0 unspecified atom stereocenters. The van der Waals surface area contributed by atoms with Gasteiger partial charge in [-0.2, -0.15) is 0 Å². The quantitative estimate of drug-likeness (QED) is 0.469. The number of hydrogen-bond acceptors (Lipinski definition) is 6. The van der Waals surface area contributed by atoms with Crippen LogP contribution >= 0.6 is 11.8 Å². The number of anilines is 1. The van der Waals surface area contributed by atoms with Gasteiger partial charge in [0.2, 0.25) is 11.8 Å². The molecule has 174 valence electrons. The fourth-order valence-electron chi connectivity index (χ4n) is 3.14. The van der Waals surface area contributed by atoms with Crippen LogP contribution in [0.4, 0.5) is 5.69 Å². The zero-order valence-electron chi connectivity index (χ0n) is 19.1. The van der Waals surface area contributed by atoms with E-state index in [1.807, 2.05) is 18.4 Å². The number of rotatable bonds is 12. The molecule has 3 amide bonds. The molecule has 0 fully saturated rings. The molecule has 0 saturated carbocycles. The Morgan fingerprint density at radius 2 is 1.91 bits per heavy atom. The Kier molecular flexibility index (Phi) is 9.70. The monoisotopic (exact) mass is 460 g/mol. The van der Waals surface area contributed by atoms with Crippen LogP contribution in [0.1, 0.15) is 50.3 Å². The van der Waals surface area contributed by atoms with Crippen molar-refractivity contribution in [3.05, 3.63) is 35.7 Å². The maximum Gasteiger partial charge on any atom is 0.253 e. The molecule has 1 aromatic heterocycles. The van der Waals surface area contributed by atoms with E-state index in [4.69, 9.17) is 5.73 Å². The number of primary amides is 1. The molecule has 0 aliphatic carbocycles. The molecule has 0 bridgehead atoms. The van der Waals surface area contributed by atoms with Gasteiger partial charge in [0.05, 0.1) is 5.75 Å². The summed E-state index contributed by atoms with van der Waals surface area (Å²) in [4.78, 5) is 37.9. The topological polar surface area (TPSA) is 123 Å². The van der Waals surface area contributed by atoms with Crippen molar-refractivity contribution in [1.82, 2.24) is 19.7 Å². The average molecular weight is 461 g/mol. The van der Waals surface area contributed by atoms with Crippen LogP contribution in [0, 0.1) is 5.92 Å². The molecule has 0 saturated heterocycles. The minimum absolute atomic E-state index is 0.0641. The number of aromatic nitrogens is 3. The van der Waals surface area contributed by atoms with Crippen LogP contribution in [0.15, 0.2) is 29.4 Å². The highest BCUT2D eigenvalue weighted by molar-refractivity contribution is 7.99. The van der Waals surface area contributed by atoms with Gasteiger partial charge in [-0.05, 0) is 38.0 Å². The lowest BCUT2D eigenvalue weighted by atomic mass is 10.1. The van der Waals surface area contributed by atoms with Gasteiger partial charge in [0.25, 0.3) is 5.91 Å². The van der Waals surface area contributed by atoms with Crippen molar-refractivity contribution < 1.29 is 14.4 Å². The number of nitrogens with two attached hydrogens (primary N) is 1. The van der Waals surface area contributed by atoms with Crippen molar-refractivity contribution in [3.63, 3.8) is 0 Å². The van der Waals surface area contributed by atoms with Crippen molar-refractivity contribution in [2.45, 2.75) is 52.2 Å². The summed E-state index contributed by atoms with van der Waals surface area (Å²) in [5.41, 5.74) is 6.36. The van der Waals surface area contributed by atoms with Crippen LogP contribution in [-0.4, -0.2) is 56.2 Å². The van der Waals surface area contributed by atoms with Gasteiger partial charge < -0.3 is 20.5 Å². The summed E-state index contributed by atoms with van der Waals surface area (Å²) < 4.78 is 1.94. The Bertz CT molecular complexity index is 939. The molecular weight excluding hydrogens is 428 g/mol. The summed E-state index contributed by atoms with van der Waals surface area (Å²) in [5.74, 6) is 0.506. The highest BCUT2D eigenvalue weighted by atomic mass is 32.2. The van der Waals surface area contributed by atoms with Crippen LogP contribution in [0.25, 0.3) is 0 Å². The first-order chi connectivity index (χ1) is 15.2. The van der Waals surface area contributed by atoms with E-state index in [0.717, 1.165) is 0 Å². The highest BCUT2D eigenvalue weighted by Gasteiger charge is 2.17. The van der Waals surface area contributed by atoms with Gasteiger partial charge in [0.15, 0.2) is 5.16 Å². The molecule has 0 aliphatic rings. The third kappa shape index (κ3) is 7.37. The van der Waals surface area contributed by atoms with E-state index in [1.165, 1.54) is 11.8 Å². The highest BCUT2D eigenvalue weighted by Crippen LogP contribution is 2.20. The maximum atomic E-state index is 12.5. The number of nitrogens with zero attached hydrogens (tertiary/aromatic N) is 4. The number of carbonyl (C=O) groups is 3. The lowest BCUT2D eigenvalue weighted by Gasteiger charge is -2.19. The zero-order valence-corrected chi connectivity index (χ0v) is 19.9. The number of nitrogens with one attached hydrogen (secondary N) is 1. The third-order valence-corrected chi connectivity index (χ3v) is 5.68. The van der Waals surface area contributed by atoms with Gasteiger partial charge in [-0.15, -0.1) is 10.2 Å². The van der Waals surface area contributed by atoms with E-state index in [1.54, 1.807) is 29.2 Å². The molecule has 9 nitrogen and oxygen atoms in total. The van der Waals surface area contributed by atoms with E-state index < -0.39 is 0 Å². The molecule has 0 radical (unpaired) electrons.